The second kappa shape index (κ2) is 10.4. The summed E-state index contributed by atoms with van der Waals surface area (Å²) >= 11 is 0. The average molecular weight is 497 g/mol. The number of H-pyrrole nitrogens is 1. The van der Waals surface area contributed by atoms with Gasteiger partial charge in [-0.3, -0.25) is 9.69 Å². The maximum absolute atomic E-state index is 12.9. The Kier molecular flexibility index (Phi) is 6.70. The number of aromatic amines is 1. The first-order valence-electron chi connectivity index (χ1n) is 13.0. The van der Waals surface area contributed by atoms with Crippen molar-refractivity contribution >= 4 is 17.1 Å². The van der Waals surface area contributed by atoms with Crippen LogP contribution in [0.15, 0.2) is 60.8 Å². The van der Waals surface area contributed by atoms with E-state index in [1.165, 1.54) is 5.56 Å². The second-order valence-electron chi connectivity index (χ2n) is 9.90. The summed E-state index contributed by atoms with van der Waals surface area (Å²) in [5.74, 6) is 0.836. The van der Waals surface area contributed by atoms with E-state index in [9.17, 15) is 4.79 Å². The summed E-state index contributed by atoms with van der Waals surface area (Å²) in [6.07, 6.45) is 1.83. The Morgan fingerprint density at radius 2 is 1.73 bits per heavy atom. The molecule has 2 aromatic heterocycles. The van der Waals surface area contributed by atoms with E-state index in [1.807, 2.05) is 41.4 Å². The van der Waals surface area contributed by atoms with Crippen LogP contribution in [0.4, 0.5) is 0 Å². The van der Waals surface area contributed by atoms with Crippen LogP contribution in [0.3, 0.4) is 0 Å². The minimum absolute atomic E-state index is 0.0881. The van der Waals surface area contributed by atoms with Crippen molar-refractivity contribution in [1.29, 1.82) is 0 Å². The second-order valence-corrected chi connectivity index (χ2v) is 9.90. The van der Waals surface area contributed by atoms with Gasteiger partial charge in [-0.1, -0.05) is 30.3 Å². The van der Waals surface area contributed by atoms with Crippen LogP contribution in [-0.2, 0) is 11.3 Å². The lowest BCUT2D eigenvalue weighted by atomic mass is 10.0. The van der Waals surface area contributed by atoms with Crippen LogP contribution in [0.1, 0.15) is 15.9 Å². The third-order valence-electron chi connectivity index (χ3n) is 7.33. The predicted molar refractivity (Wildman–Crippen MR) is 144 cm³/mol. The number of carbonyl (C=O) groups excluding carboxylic acids is 1. The van der Waals surface area contributed by atoms with E-state index in [2.05, 4.69) is 51.1 Å². The van der Waals surface area contributed by atoms with Crippen molar-refractivity contribution in [1.82, 2.24) is 29.7 Å². The van der Waals surface area contributed by atoms with Gasteiger partial charge in [-0.15, -0.1) is 0 Å². The highest BCUT2D eigenvalue weighted by molar-refractivity contribution is 5.95. The molecule has 0 bridgehead atoms. The van der Waals surface area contributed by atoms with Crippen molar-refractivity contribution in [3.8, 4) is 22.5 Å². The van der Waals surface area contributed by atoms with Gasteiger partial charge in [0.25, 0.3) is 5.91 Å². The number of hydrogen-bond donors (Lipinski definition) is 1. The molecule has 0 saturated carbocycles. The Bertz CT molecular complexity index is 1390. The van der Waals surface area contributed by atoms with Gasteiger partial charge in [-0.25, -0.2) is 9.97 Å². The van der Waals surface area contributed by atoms with Crippen molar-refractivity contribution in [3.63, 3.8) is 0 Å². The number of aromatic nitrogens is 3. The number of pyridine rings is 1. The van der Waals surface area contributed by atoms with Crippen LogP contribution in [0.2, 0.25) is 0 Å². The summed E-state index contributed by atoms with van der Waals surface area (Å²) in [5.41, 5.74) is 6.70. The van der Waals surface area contributed by atoms with Gasteiger partial charge in [-0.2, -0.15) is 0 Å². The van der Waals surface area contributed by atoms with E-state index in [4.69, 9.17) is 9.72 Å². The van der Waals surface area contributed by atoms with Crippen LogP contribution in [0.5, 0.6) is 0 Å². The lowest BCUT2D eigenvalue weighted by Gasteiger charge is -2.32. The largest absolute Gasteiger partial charge is 0.379 e. The molecule has 2 aliphatic rings. The van der Waals surface area contributed by atoms with Crippen LogP contribution in [0.25, 0.3) is 33.7 Å². The predicted octanol–water partition coefficient (Wildman–Crippen LogP) is 3.51. The van der Waals surface area contributed by atoms with Crippen molar-refractivity contribution < 1.29 is 9.53 Å². The average Bonchev–Trinajstić information content (AvgIpc) is 3.39. The number of hydrogen-bond acceptors (Lipinski definition) is 6. The maximum atomic E-state index is 12.9. The van der Waals surface area contributed by atoms with Crippen molar-refractivity contribution in [3.05, 3.63) is 71.9 Å². The van der Waals surface area contributed by atoms with Crippen LogP contribution >= 0.6 is 0 Å². The number of benzene rings is 2. The zero-order valence-corrected chi connectivity index (χ0v) is 21.2. The summed E-state index contributed by atoms with van der Waals surface area (Å²) in [7, 11) is 2.09. The summed E-state index contributed by atoms with van der Waals surface area (Å²) in [4.78, 5) is 32.4. The molecule has 0 unspecified atom stereocenters. The third-order valence-corrected chi connectivity index (χ3v) is 7.33. The fraction of sp³-hybridized carbons (Fsp3) is 0.345. The molecule has 2 saturated heterocycles. The number of likely N-dealkylation sites (N-methyl/N-ethyl adjacent to an activating group) is 1. The molecule has 0 atom stereocenters. The molecule has 0 radical (unpaired) electrons. The number of ether oxygens (including phenoxy) is 1. The Hall–Kier alpha value is -3.59. The number of piperazine rings is 1. The standard InChI is InChI=1S/C29H32N6O2/c1-33-11-13-35(14-12-33)29(36)23-7-5-22(6-8-23)27-31-26-25(9-10-30-28(26)32-27)24-4-2-3-21(19-24)20-34-15-17-37-18-16-34/h2-10,19H,11-18,20H2,1H3,(H,30,31,32). The molecule has 8 heteroatoms. The normalized spacial score (nSPS) is 17.4. The highest BCUT2D eigenvalue weighted by atomic mass is 16.5. The smallest absolute Gasteiger partial charge is 0.253 e. The molecule has 0 aliphatic carbocycles. The SMILES string of the molecule is CN1CCN(C(=O)c2ccc(-c3nc4c(-c5cccc(CN6CCOCC6)c5)ccnc4[nH]3)cc2)CC1. The lowest BCUT2D eigenvalue weighted by Crippen LogP contribution is -2.47. The number of fused-ring (bicyclic) bond motifs is 1. The molecule has 190 valence electrons. The number of nitrogens with zero attached hydrogens (tertiary/aromatic N) is 5. The van der Waals surface area contributed by atoms with Gasteiger partial charge < -0.3 is 19.5 Å². The number of amides is 1. The van der Waals surface area contributed by atoms with Gasteiger partial charge in [0, 0.05) is 68.7 Å². The monoisotopic (exact) mass is 496 g/mol. The third kappa shape index (κ3) is 5.13. The Morgan fingerprint density at radius 1 is 0.946 bits per heavy atom. The molecular weight excluding hydrogens is 464 g/mol. The van der Waals surface area contributed by atoms with E-state index >= 15 is 0 Å². The van der Waals surface area contributed by atoms with Gasteiger partial charge in [0.05, 0.1) is 13.2 Å². The minimum Gasteiger partial charge on any atom is -0.379 e. The minimum atomic E-state index is 0.0881. The number of morpholine rings is 1. The Balaban J connectivity index is 1.24. The van der Waals surface area contributed by atoms with Crippen LogP contribution < -0.4 is 0 Å². The van der Waals surface area contributed by atoms with Crippen LogP contribution in [0, 0.1) is 0 Å². The molecule has 4 aromatic rings. The number of carbonyl (C=O) groups is 1. The molecule has 2 aromatic carbocycles. The fourth-order valence-electron chi connectivity index (χ4n) is 5.10. The quantitative estimate of drug-likeness (QED) is 0.456. The first-order chi connectivity index (χ1) is 18.1. The molecule has 1 amide bonds. The zero-order valence-electron chi connectivity index (χ0n) is 21.2. The molecular formula is C29H32N6O2. The number of nitrogens with one attached hydrogen (secondary N) is 1. The molecule has 0 spiro atoms. The first-order valence-corrected chi connectivity index (χ1v) is 13.0. The molecule has 37 heavy (non-hydrogen) atoms. The molecule has 4 heterocycles. The Labute approximate surface area is 216 Å². The summed E-state index contributed by atoms with van der Waals surface area (Å²) in [5, 5.41) is 0. The highest BCUT2D eigenvalue weighted by Crippen LogP contribution is 2.29. The van der Waals surface area contributed by atoms with Gasteiger partial charge in [0.2, 0.25) is 0 Å². The Morgan fingerprint density at radius 3 is 2.51 bits per heavy atom. The first kappa shape index (κ1) is 23.8. The lowest BCUT2D eigenvalue weighted by molar-refractivity contribution is 0.0342. The zero-order chi connectivity index (χ0) is 25.2. The highest BCUT2D eigenvalue weighted by Gasteiger charge is 2.20. The van der Waals surface area contributed by atoms with E-state index in [-0.39, 0.29) is 5.91 Å². The summed E-state index contributed by atoms with van der Waals surface area (Å²) < 4.78 is 5.49. The number of imidazole rings is 1. The van der Waals surface area contributed by atoms with Gasteiger partial charge in [-0.05, 0) is 42.4 Å². The molecule has 2 fully saturated rings. The van der Waals surface area contributed by atoms with Gasteiger partial charge in [0.1, 0.15) is 11.3 Å². The summed E-state index contributed by atoms with van der Waals surface area (Å²) in [6, 6.07) is 18.4. The van der Waals surface area contributed by atoms with Crippen molar-refractivity contribution in [2.75, 3.05) is 59.5 Å². The van der Waals surface area contributed by atoms with Crippen molar-refractivity contribution in [2.24, 2.45) is 0 Å². The van der Waals surface area contributed by atoms with E-state index < -0.39 is 0 Å². The molecule has 6 rings (SSSR count). The van der Waals surface area contributed by atoms with E-state index in [0.29, 0.717) is 5.56 Å². The van der Waals surface area contributed by atoms with Gasteiger partial charge >= 0.3 is 0 Å². The van der Waals surface area contributed by atoms with Gasteiger partial charge in [0.15, 0.2) is 5.65 Å². The van der Waals surface area contributed by atoms with Crippen LogP contribution in [-0.4, -0.2) is 95.1 Å². The van der Waals surface area contributed by atoms with E-state index in [0.717, 1.165) is 92.7 Å². The summed E-state index contributed by atoms with van der Waals surface area (Å²) in [6.45, 7) is 7.79. The van der Waals surface area contributed by atoms with E-state index in [1.54, 1.807) is 0 Å². The maximum Gasteiger partial charge on any atom is 0.253 e. The number of rotatable bonds is 5. The van der Waals surface area contributed by atoms with Crippen molar-refractivity contribution in [2.45, 2.75) is 6.54 Å². The fourth-order valence-corrected chi connectivity index (χ4v) is 5.10. The molecule has 8 nitrogen and oxygen atoms in total. The topological polar surface area (TPSA) is 77.6 Å². The molecule has 1 N–H and O–H groups in total. The molecule has 2 aliphatic heterocycles.